The molecule has 0 saturated carbocycles. The van der Waals surface area contributed by atoms with Gasteiger partial charge in [0.1, 0.15) is 0 Å². The monoisotopic (exact) mass is 312 g/mol. The van der Waals surface area contributed by atoms with Gasteiger partial charge in [0.25, 0.3) is 0 Å². The number of nitrogens with zero attached hydrogens (tertiary/aromatic N) is 2. The molecule has 0 aliphatic heterocycles. The van der Waals surface area contributed by atoms with E-state index in [9.17, 15) is 5.11 Å². The molecule has 2 aromatic rings. The van der Waals surface area contributed by atoms with E-state index in [0.717, 1.165) is 9.37 Å². The summed E-state index contributed by atoms with van der Waals surface area (Å²) in [6.45, 7) is 0.587. The number of imidazole rings is 1. The van der Waals surface area contributed by atoms with Gasteiger partial charge in [-0.2, -0.15) is 0 Å². The Kier molecular flexibility index (Phi) is 4.65. The Morgan fingerprint density at radius 3 is 2.76 bits per heavy atom. The van der Waals surface area contributed by atoms with Crippen molar-refractivity contribution in [1.29, 1.82) is 0 Å². The maximum atomic E-state index is 9.86. The zero-order valence-electron chi connectivity index (χ0n) is 9.16. The summed E-state index contributed by atoms with van der Waals surface area (Å²) in [7, 11) is 0. The Morgan fingerprint density at radius 1 is 1.35 bits per heavy atom. The number of hydrogen-bond donors (Lipinski definition) is 1. The fourth-order valence-corrected chi connectivity index (χ4v) is 2.50. The van der Waals surface area contributed by atoms with Crippen LogP contribution in [0.3, 0.4) is 0 Å². The number of aromatic nitrogens is 2. The Morgan fingerprint density at radius 2 is 2.12 bits per heavy atom. The molecule has 1 atom stereocenters. The molecule has 17 heavy (non-hydrogen) atoms. The molecule has 1 heterocycles. The van der Waals surface area contributed by atoms with Crippen LogP contribution in [0.5, 0.6) is 0 Å². The molecule has 0 fully saturated rings. The number of thioether (sulfide) groups is 1. The van der Waals surface area contributed by atoms with Crippen molar-refractivity contribution < 1.29 is 5.11 Å². The van der Waals surface area contributed by atoms with E-state index in [4.69, 9.17) is 0 Å². The molecule has 5 heteroatoms. The van der Waals surface area contributed by atoms with E-state index < -0.39 is 0 Å². The number of hydrogen-bond acceptors (Lipinski definition) is 3. The molecule has 0 amide bonds. The molecule has 1 aromatic heterocycles. The van der Waals surface area contributed by atoms with Gasteiger partial charge in [-0.05, 0) is 24.3 Å². The zero-order chi connectivity index (χ0) is 12.1. The fourth-order valence-electron chi connectivity index (χ4n) is 1.41. The molecule has 90 valence electrons. The van der Waals surface area contributed by atoms with Crippen molar-refractivity contribution in [2.45, 2.75) is 17.5 Å². The topological polar surface area (TPSA) is 38.0 Å². The Hall–Kier alpha value is -0.780. The largest absolute Gasteiger partial charge is 0.390 e. The highest BCUT2D eigenvalue weighted by atomic mass is 79.9. The quantitative estimate of drug-likeness (QED) is 0.863. The molecule has 0 aliphatic carbocycles. The Labute approximate surface area is 113 Å². The van der Waals surface area contributed by atoms with Crippen molar-refractivity contribution in [3.63, 3.8) is 0 Å². The summed E-state index contributed by atoms with van der Waals surface area (Å²) in [5.74, 6) is 0.680. The smallest absolute Gasteiger partial charge is 0.0946 e. The first-order valence-electron chi connectivity index (χ1n) is 5.26. The number of rotatable bonds is 5. The van der Waals surface area contributed by atoms with Gasteiger partial charge < -0.3 is 9.67 Å². The first kappa shape index (κ1) is 12.7. The SMILES string of the molecule is OC(CSc1ccc(Br)cc1)Cn1ccnc1. The van der Waals surface area contributed by atoms with Crippen LogP contribution in [0.2, 0.25) is 0 Å². The van der Waals surface area contributed by atoms with Crippen molar-refractivity contribution in [2.75, 3.05) is 5.75 Å². The molecule has 0 aliphatic rings. The van der Waals surface area contributed by atoms with E-state index in [1.807, 2.05) is 35.0 Å². The molecular weight excluding hydrogens is 300 g/mol. The molecule has 0 radical (unpaired) electrons. The van der Waals surface area contributed by atoms with Gasteiger partial charge in [0, 0.05) is 27.5 Å². The summed E-state index contributed by atoms with van der Waals surface area (Å²) in [4.78, 5) is 5.11. The molecular formula is C12H13BrN2OS. The lowest BCUT2D eigenvalue weighted by Gasteiger charge is -2.10. The van der Waals surface area contributed by atoms with Crippen molar-refractivity contribution in [1.82, 2.24) is 9.55 Å². The first-order chi connectivity index (χ1) is 8.24. The van der Waals surface area contributed by atoms with Crippen LogP contribution >= 0.6 is 27.7 Å². The van der Waals surface area contributed by atoms with Crippen molar-refractivity contribution in [3.8, 4) is 0 Å². The van der Waals surface area contributed by atoms with Crippen molar-refractivity contribution >= 4 is 27.7 Å². The van der Waals surface area contributed by atoms with E-state index in [1.165, 1.54) is 0 Å². The third-order valence-electron chi connectivity index (χ3n) is 2.24. The average molecular weight is 313 g/mol. The van der Waals surface area contributed by atoms with Gasteiger partial charge in [-0.3, -0.25) is 0 Å². The summed E-state index contributed by atoms with van der Waals surface area (Å²) in [5.41, 5.74) is 0. The van der Waals surface area contributed by atoms with Crippen LogP contribution in [-0.4, -0.2) is 26.5 Å². The van der Waals surface area contributed by atoms with Gasteiger partial charge in [0.05, 0.1) is 19.0 Å². The summed E-state index contributed by atoms with van der Waals surface area (Å²) in [5, 5.41) is 9.86. The molecule has 1 aromatic carbocycles. The number of aliphatic hydroxyl groups excluding tert-OH is 1. The second-order valence-corrected chi connectivity index (χ2v) is 5.69. The summed E-state index contributed by atoms with van der Waals surface area (Å²) in [6, 6.07) is 8.09. The predicted molar refractivity (Wildman–Crippen MR) is 73.1 cm³/mol. The minimum Gasteiger partial charge on any atom is -0.390 e. The van der Waals surface area contributed by atoms with E-state index >= 15 is 0 Å². The van der Waals surface area contributed by atoms with Crippen LogP contribution in [0.4, 0.5) is 0 Å². The minimum absolute atomic E-state index is 0.363. The molecule has 0 bridgehead atoms. The highest BCUT2D eigenvalue weighted by molar-refractivity contribution is 9.10. The maximum absolute atomic E-state index is 9.86. The van der Waals surface area contributed by atoms with Crippen LogP contribution in [0.1, 0.15) is 0 Å². The molecule has 0 saturated heterocycles. The summed E-state index contributed by atoms with van der Waals surface area (Å²) in [6.07, 6.45) is 4.92. The number of halogens is 1. The third-order valence-corrected chi connectivity index (χ3v) is 3.92. The number of benzene rings is 1. The highest BCUT2D eigenvalue weighted by Gasteiger charge is 2.05. The molecule has 1 N–H and O–H groups in total. The standard InChI is InChI=1S/C12H13BrN2OS/c13-10-1-3-12(4-2-10)17-8-11(16)7-15-6-5-14-9-15/h1-6,9,11,16H,7-8H2. The molecule has 2 rings (SSSR count). The molecule has 1 unspecified atom stereocenters. The highest BCUT2D eigenvalue weighted by Crippen LogP contribution is 2.21. The predicted octanol–water partition coefficient (Wildman–Crippen LogP) is 2.80. The summed E-state index contributed by atoms with van der Waals surface area (Å²) >= 11 is 5.05. The van der Waals surface area contributed by atoms with Crippen LogP contribution in [0, 0.1) is 0 Å². The molecule has 0 spiro atoms. The van der Waals surface area contributed by atoms with Gasteiger partial charge in [-0.25, -0.2) is 4.98 Å². The van der Waals surface area contributed by atoms with Crippen LogP contribution in [-0.2, 0) is 6.54 Å². The second-order valence-electron chi connectivity index (χ2n) is 3.68. The average Bonchev–Trinajstić information content (AvgIpc) is 2.81. The molecule has 3 nitrogen and oxygen atoms in total. The van der Waals surface area contributed by atoms with Gasteiger partial charge in [0.15, 0.2) is 0 Å². The van der Waals surface area contributed by atoms with E-state index in [0.29, 0.717) is 12.3 Å². The van der Waals surface area contributed by atoms with Gasteiger partial charge in [0.2, 0.25) is 0 Å². The second kappa shape index (κ2) is 6.23. The lowest BCUT2D eigenvalue weighted by molar-refractivity contribution is 0.178. The van der Waals surface area contributed by atoms with E-state index in [-0.39, 0.29) is 6.10 Å². The Bertz CT molecular complexity index is 444. The third kappa shape index (κ3) is 4.18. The lowest BCUT2D eigenvalue weighted by atomic mass is 10.4. The van der Waals surface area contributed by atoms with Gasteiger partial charge in [-0.1, -0.05) is 15.9 Å². The van der Waals surface area contributed by atoms with Crippen LogP contribution < -0.4 is 0 Å². The first-order valence-corrected chi connectivity index (χ1v) is 7.04. The Balaban J connectivity index is 1.79. The minimum atomic E-state index is -0.363. The fraction of sp³-hybridized carbons (Fsp3) is 0.250. The van der Waals surface area contributed by atoms with Crippen LogP contribution in [0.15, 0.2) is 52.4 Å². The lowest BCUT2D eigenvalue weighted by Crippen LogP contribution is -2.17. The van der Waals surface area contributed by atoms with Crippen molar-refractivity contribution in [2.24, 2.45) is 0 Å². The zero-order valence-corrected chi connectivity index (χ0v) is 11.6. The number of aliphatic hydroxyl groups is 1. The maximum Gasteiger partial charge on any atom is 0.0946 e. The normalized spacial score (nSPS) is 12.6. The van der Waals surface area contributed by atoms with Gasteiger partial charge in [-0.15, -0.1) is 11.8 Å². The van der Waals surface area contributed by atoms with E-state index in [1.54, 1.807) is 24.3 Å². The van der Waals surface area contributed by atoms with Crippen LogP contribution in [0.25, 0.3) is 0 Å². The van der Waals surface area contributed by atoms with Gasteiger partial charge >= 0.3 is 0 Å². The summed E-state index contributed by atoms with van der Waals surface area (Å²) < 4.78 is 2.95. The van der Waals surface area contributed by atoms with E-state index in [2.05, 4.69) is 20.9 Å². The van der Waals surface area contributed by atoms with Crippen molar-refractivity contribution in [3.05, 3.63) is 47.5 Å².